The number of urea groups is 1. The molecular formula is C29H37N3O2. The zero-order valence-corrected chi connectivity index (χ0v) is 20.9. The number of hydrogen-bond donors (Lipinski definition) is 3. The van der Waals surface area contributed by atoms with Gasteiger partial charge in [-0.15, -0.1) is 0 Å². The number of nitrogens with one attached hydrogen (secondary N) is 3. The standard InChI is InChI=1S/C29H37N3O2/c1-20(2)24-15-11-16-25(21(3)4)28(24)32-29(33)31-19-26(22-12-7-6-8-13-22)30-18-23-14-9-10-17-27(23)34-5/h6-17,20-21,26,30H,18-19H2,1-5H3,(H2,31,32,33)/t26-/m0/s1. The lowest BCUT2D eigenvalue weighted by atomic mass is 9.93. The predicted octanol–water partition coefficient (Wildman–Crippen LogP) is 6.59. The molecule has 0 aliphatic heterocycles. The van der Waals surface area contributed by atoms with Gasteiger partial charge in [-0.2, -0.15) is 0 Å². The van der Waals surface area contributed by atoms with Crippen molar-refractivity contribution in [2.75, 3.05) is 19.0 Å². The highest BCUT2D eigenvalue weighted by atomic mass is 16.5. The first-order valence-electron chi connectivity index (χ1n) is 12.0. The molecule has 180 valence electrons. The summed E-state index contributed by atoms with van der Waals surface area (Å²) in [5.74, 6) is 1.47. The first kappa shape index (κ1) is 25.3. The maximum atomic E-state index is 13.0. The minimum Gasteiger partial charge on any atom is -0.496 e. The molecule has 0 saturated carbocycles. The van der Waals surface area contributed by atoms with Crippen LogP contribution in [0.5, 0.6) is 5.75 Å². The van der Waals surface area contributed by atoms with Crippen LogP contribution in [0.25, 0.3) is 0 Å². The van der Waals surface area contributed by atoms with Crippen LogP contribution in [0, 0.1) is 0 Å². The van der Waals surface area contributed by atoms with Crippen LogP contribution in [0.1, 0.15) is 67.8 Å². The molecule has 0 saturated heterocycles. The van der Waals surface area contributed by atoms with Gasteiger partial charge < -0.3 is 20.7 Å². The third-order valence-electron chi connectivity index (χ3n) is 6.01. The van der Waals surface area contributed by atoms with E-state index >= 15 is 0 Å². The van der Waals surface area contributed by atoms with Gasteiger partial charge in [0.15, 0.2) is 0 Å². The molecule has 0 fully saturated rings. The number of carbonyl (C=O) groups excluding carboxylic acids is 1. The number of rotatable bonds is 10. The number of methoxy groups -OCH3 is 1. The van der Waals surface area contributed by atoms with Crippen LogP contribution in [0.3, 0.4) is 0 Å². The number of amides is 2. The molecule has 3 aromatic carbocycles. The molecule has 0 bridgehead atoms. The molecule has 0 unspecified atom stereocenters. The molecule has 1 atom stereocenters. The van der Waals surface area contributed by atoms with Crippen LogP contribution >= 0.6 is 0 Å². The van der Waals surface area contributed by atoms with E-state index in [-0.39, 0.29) is 12.1 Å². The van der Waals surface area contributed by atoms with E-state index in [1.54, 1.807) is 7.11 Å². The zero-order chi connectivity index (χ0) is 24.5. The Morgan fingerprint density at radius 3 is 2.06 bits per heavy atom. The molecule has 34 heavy (non-hydrogen) atoms. The third kappa shape index (κ3) is 6.61. The Hall–Kier alpha value is -3.31. The Balaban J connectivity index is 1.73. The highest BCUT2D eigenvalue weighted by Gasteiger charge is 2.18. The second-order valence-electron chi connectivity index (χ2n) is 9.11. The monoisotopic (exact) mass is 459 g/mol. The van der Waals surface area contributed by atoms with E-state index < -0.39 is 0 Å². The summed E-state index contributed by atoms with van der Waals surface area (Å²) in [4.78, 5) is 13.0. The predicted molar refractivity (Wildman–Crippen MR) is 141 cm³/mol. The van der Waals surface area contributed by atoms with Crippen LogP contribution in [0.15, 0.2) is 72.8 Å². The average Bonchev–Trinajstić information content (AvgIpc) is 2.84. The minimum absolute atomic E-state index is 0.0539. The van der Waals surface area contributed by atoms with Crippen molar-refractivity contribution < 1.29 is 9.53 Å². The van der Waals surface area contributed by atoms with E-state index in [0.717, 1.165) is 33.7 Å². The van der Waals surface area contributed by atoms with Gasteiger partial charge in [0, 0.05) is 30.4 Å². The van der Waals surface area contributed by atoms with Crippen LogP contribution in [-0.4, -0.2) is 19.7 Å². The summed E-state index contributed by atoms with van der Waals surface area (Å²) in [6.45, 7) is 9.67. The lowest BCUT2D eigenvalue weighted by Crippen LogP contribution is -2.37. The number of hydrogen-bond acceptors (Lipinski definition) is 3. The van der Waals surface area contributed by atoms with Crippen molar-refractivity contribution in [3.05, 3.63) is 95.1 Å². The van der Waals surface area contributed by atoms with E-state index in [2.05, 4.69) is 74.0 Å². The average molecular weight is 460 g/mol. The number of anilines is 1. The summed E-state index contributed by atoms with van der Waals surface area (Å²) in [5, 5.41) is 9.81. The van der Waals surface area contributed by atoms with Gasteiger partial charge in [0.25, 0.3) is 0 Å². The fourth-order valence-corrected chi connectivity index (χ4v) is 4.12. The van der Waals surface area contributed by atoms with Crippen LogP contribution in [-0.2, 0) is 6.54 Å². The van der Waals surface area contributed by atoms with Gasteiger partial charge in [0.1, 0.15) is 5.75 Å². The van der Waals surface area contributed by atoms with Crippen LogP contribution in [0.2, 0.25) is 0 Å². The maximum absolute atomic E-state index is 13.0. The summed E-state index contributed by atoms with van der Waals surface area (Å²) >= 11 is 0. The quantitative estimate of drug-likeness (QED) is 0.320. The van der Waals surface area contributed by atoms with Gasteiger partial charge in [-0.25, -0.2) is 4.79 Å². The van der Waals surface area contributed by atoms with Gasteiger partial charge in [0.2, 0.25) is 0 Å². The Kier molecular flexibility index (Phi) is 9.11. The first-order chi connectivity index (χ1) is 16.4. The van der Waals surface area contributed by atoms with Crippen LogP contribution < -0.4 is 20.7 Å². The molecule has 0 aromatic heterocycles. The fraction of sp³-hybridized carbons (Fsp3) is 0.345. The molecule has 3 aromatic rings. The molecule has 5 nitrogen and oxygen atoms in total. The van der Waals surface area contributed by atoms with Crippen molar-refractivity contribution in [3.8, 4) is 5.75 Å². The van der Waals surface area contributed by atoms with Gasteiger partial charge in [0.05, 0.1) is 7.11 Å². The summed E-state index contributed by atoms with van der Waals surface area (Å²) in [6, 6.07) is 24.1. The van der Waals surface area contributed by atoms with Crippen molar-refractivity contribution in [2.24, 2.45) is 0 Å². The Labute approximate surface area is 203 Å². The number of benzene rings is 3. The summed E-state index contributed by atoms with van der Waals surface area (Å²) in [7, 11) is 1.68. The Morgan fingerprint density at radius 1 is 0.824 bits per heavy atom. The number of ether oxygens (including phenoxy) is 1. The molecule has 0 heterocycles. The molecule has 0 aliphatic carbocycles. The maximum Gasteiger partial charge on any atom is 0.319 e. The van der Waals surface area contributed by atoms with Crippen molar-refractivity contribution in [2.45, 2.75) is 52.1 Å². The third-order valence-corrected chi connectivity index (χ3v) is 6.01. The summed E-state index contributed by atoms with van der Waals surface area (Å²) in [5.41, 5.74) is 5.40. The van der Waals surface area contributed by atoms with E-state index in [4.69, 9.17) is 4.74 Å². The molecule has 3 rings (SSSR count). The van der Waals surface area contributed by atoms with Crippen molar-refractivity contribution >= 4 is 11.7 Å². The highest BCUT2D eigenvalue weighted by molar-refractivity contribution is 5.91. The van der Waals surface area contributed by atoms with Gasteiger partial charge in [-0.3, -0.25) is 0 Å². The lowest BCUT2D eigenvalue weighted by Gasteiger charge is -2.23. The summed E-state index contributed by atoms with van der Waals surface area (Å²) in [6.07, 6.45) is 0. The molecule has 3 N–H and O–H groups in total. The summed E-state index contributed by atoms with van der Waals surface area (Å²) < 4.78 is 5.49. The Morgan fingerprint density at radius 2 is 1.44 bits per heavy atom. The van der Waals surface area contributed by atoms with E-state index in [9.17, 15) is 4.79 Å². The number of para-hydroxylation sites is 2. The minimum atomic E-state index is -0.199. The molecule has 5 heteroatoms. The van der Waals surface area contributed by atoms with Gasteiger partial charge in [-0.05, 0) is 34.6 Å². The normalized spacial score (nSPS) is 12.0. The molecular weight excluding hydrogens is 422 g/mol. The molecule has 2 amide bonds. The van der Waals surface area contributed by atoms with E-state index in [1.165, 1.54) is 0 Å². The SMILES string of the molecule is COc1ccccc1CN[C@@H](CNC(=O)Nc1c(C(C)C)cccc1C(C)C)c1ccccc1. The van der Waals surface area contributed by atoms with Gasteiger partial charge in [-0.1, -0.05) is 94.4 Å². The largest absolute Gasteiger partial charge is 0.496 e. The zero-order valence-electron chi connectivity index (χ0n) is 20.9. The fourth-order valence-electron chi connectivity index (χ4n) is 4.12. The lowest BCUT2D eigenvalue weighted by molar-refractivity contribution is 0.250. The second-order valence-corrected chi connectivity index (χ2v) is 9.11. The van der Waals surface area contributed by atoms with E-state index in [0.29, 0.717) is 24.9 Å². The molecule has 0 aliphatic rings. The molecule has 0 radical (unpaired) electrons. The van der Waals surface area contributed by atoms with Gasteiger partial charge >= 0.3 is 6.03 Å². The first-order valence-corrected chi connectivity index (χ1v) is 12.0. The van der Waals surface area contributed by atoms with Crippen molar-refractivity contribution in [3.63, 3.8) is 0 Å². The topological polar surface area (TPSA) is 62.4 Å². The molecule has 0 spiro atoms. The smallest absolute Gasteiger partial charge is 0.319 e. The second kappa shape index (κ2) is 12.2. The Bertz CT molecular complexity index is 1040. The van der Waals surface area contributed by atoms with Crippen LogP contribution in [0.4, 0.5) is 10.5 Å². The van der Waals surface area contributed by atoms with Crippen molar-refractivity contribution in [1.82, 2.24) is 10.6 Å². The van der Waals surface area contributed by atoms with E-state index in [1.807, 2.05) is 42.5 Å². The highest BCUT2D eigenvalue weighted by Crippen LogP contribution is 2.32. The van der Waals surface area contributed by atoms with Crippen molar-refractivity contribution in [1.29, 1.82) is 0 Å². The number of carbonyl (C=O) groups is 1.